The molecule has 3 amide bonds. The Morgan fingerprint density at radius 3 is 2.41 bits per heavy atom. The Kier molecular flexibility index (Phi) is 9.75. The minimum Gasteiger partial charge on any atom is -0.490 e. The molecule has 39 heavy (non-hydrogen) atoms. The van der Waals surface area contributed by atoms with E-state index in [0.717, 1.165) is 16.7 Å². The molecule has 1 aliphatic rings. The molecule has 1 N–H and O–H groups in total. The van der Waals surface area contributed by atoms with Crippen molar-refractivity contribution < 1.29 is 28.6 Å². The van der Waals surface area contributed by atoms with Crippen LogP contribution in [0.1, 0.15) is 12.5 Å². The Morgan fingerprint density at radius 2 is 1.67 bits per heavy atom. The quantitative estimate of drug-likeness (QED) is 0.255. The van der Waals surface area contributed by atoms with Crippen molar-refractivity contribution in [3.8, 4) is 17.2 Å². The highest BCUT2D eigenvalue weighted by atomic mass is 35.5. The average Bonchev–Trinajstić information content (AvgIpc) is 3.18. The average molecular weight is 587 g/mol. The number of carbonyl (C=O) groups is 3. The fraction of sp³-hybridized carbons (Fsp3) is 0.179. The number of rotatable bonds is 11. The molecular formula is C28H24Cl2N2O6S. The maximum atomic E-state index is 12.9. The van der Waals surface area contributed by atoms with Crippen LogP contribution in [0.25, 0.3) is 6.08 Å². The molecule has 202 valence electrons. The van der Waals surface area contributed by atoms with E-state index in [9.17, 15) is 14.4 Å². The highest BCUT2D eigenvalue weighted by molar-refractivity contribution is 8.18. The SMILES string of the molecule is CCOc1cc(/C=C2\SC(=O)N(CCOc3ccccc3Cl)C2=O)ccc1OCC(=O)Nc1ccccc1Cl. The number of halogens is 2. The van der Waals surface area contributed by atoms with Crippen molar-refractivity contribution in [3.05, 3.63) is 87.2 Å². The number of nitrogens with zero attached hydrogens (tertiary/aromatic N) is 1. The first-order valence-corrected chi connectivity index (χ1v) is 13.5. The van der Waals surface area contributed by atoms with E-state index < -0.39 is 5.91 Å². The summed E-state index contributed by atoms with van der Waals surface area (Å²) < 4.78 is 17.0. The topological polar surface area (TPSA) is 94.2 Å². The molecule has 0 aromatic heterocycles. The van der Waals surface area contributed by atoms with E-state index in [4.69, 9.17) is 37.4 Å². The molecular weight excluding hydrogens is 563 g/mol. The maximum absolute atomic E-state index is 12.9. The van der Waals surface area contributed by atoms with Gasteiger partial charge in [-0.3, -0.25) is 19.3 Å². The Balaban J connectivity index is 1.38. The van der Waals surface area contributed by atoms with Crippen LogP contribution in [0, 0.1) is 0 Å². The molecule has 0 bridgehead atoms. The number of imide groups is 1. The van der Waals surface area contributed by atoms with Gasteiger partial charge in [-0.1, -0.05) is 53.5 Å². The summed E-state index contributed by atoms with van der Waals surface area (Å²) in [7, 11) is 0. The molecule has 0 unspecified atom stereocenters. The van der Waals surface area contributed by atoms with Crippen LogP contribution < -0.4 is 19.5 Å². The van der Waals surface area contributed by atoms with Crippen LogP contribution in [0.15, 0.2) is 71.6 Å². The predicted molar refractivity (Wildman–Crippen MR) is 153 cm³/mol. The molecule has 4 rings (SSSR count). The standard InChI is InChI=1S/C28H24Cl2N2O6S/c1-2-36-24-15-18(11-12-23(24)38-17-26(33)31-21-9-5-3-7-19(21)29)16-25-27(34)32(28(35)39-25)13-14-37-22-10-6-4-8-20(22)30/h3-12,15-16H,2,13-14,17H2,1H3,(H,31,33)/b25-16-. The summed E-state index contributed by atoms with van der Waals surface area (Å²) >= 11 is 13.0. The van der Waals surface area contributed by atoms with E-state index in [1.54, 1.807) is 72.8 Å². The zero-order valence-corrected chi connectivity index (χ0v) is 23.1. The van der Waals surface area contributed by atoms with Gasteiger partial charge in [0.25, 0.3) is 17.1 Å². The monoisotopic (exact) mass is 586 g/mol. The van der Waals surface area contributed by atoms with E-state index in [1.165, 1.54) is 0 Å². The van der Waals surface area contributed by atoms with Crippen molar-refractivity contribution in [2.75, 3.05) is 31.7 Å². The Morgan fingerprint density at radius 1 is 0.923 bits per heavy atom. The Labute approximate surface area is 239 Å². The van der Waals surface area contributed by atoms with E-state index in [-0.39, 0.29) is 35.8 Å². The molecule has 0 atom stereocenters. The first-order chi connectivity index (χ1) is 18.9. The summed E-state index contributed by atoms with van der Waals surface area (Å²) in [6.45, 7) is 2.10. The molecule has 1 saturated heterocycles. The lowest BCUT2D eigenvalue weighted by molar-refractivity contribution is -0.123. The van der Waals surface area contributed by atoms with Gasteiger partial charge in [0, 0.05) is 0 Å². The molecule has 8 nitrogen and oxygen atoms in total. The lowest BCUT2D eigenvalue weighted by Gasteiger charge is -2.14. The first kappa shape index (κ1) is 28.4. The fourth-order valence-electron chi connectivity index (χ4n) is 3.55. The van der Waals surface area contributed by atoms with Gasteiger partial charge in [0.1, 0.15) is 12.4 Å². The molecule has 1 aliphatic heterocycles. The van der Waals surface area contributed by atoms with Crippen LogP contribution in [0.2, 0.25) is 10.0 Å². The number of anilines is 1. The van der Waals surface area contributed by atoms with Crippen LogP contribution in [-0.2, 0) is 9.59 Å². The molecule has 11 heteroatoms. The number of nitrogens with one attached hydrogen (secondary N) is 1. The van der Waals surface area contributed by atoms with Gasteiger partial charge in [0.2, 0.25) is 0 Å². The van der Waals surface area contributed by atoms with Crippen LogP contribution in [0.5, 0.6) is 17.2 Å². The van der Waals surface area contributed by atoms with Crippen molar-refractivity contribution >= 4 is 63.8 Å². The number of amides is 3. The minimum atomic E-state index is -0.415. The van der Waals surface area contributed by atoms with Crippen molar-refractivity contribution in [1.82, 2.24) is 4.90 Å². The number of carbonyl (C=O) groups excluding carboxylic acids is 3. The van der Waals surface area contributed by atoms with Crippen LogP contribution >= 0.6 is 35.0 Å². The highest BCUT2D eigenvalue weighted by Crippen LogP contribution is 2.35. The van der Waals surface area contributed by atoms with Gasteiger partial charge >= 0.3 is 0 Å². The Bertz CT molecular complexity index is 1410. The number of para-hydroxylation sites is 2. The smallest absolute Gasteiger partial charge is 0.293 e. The molecule has 3 aromatic rings. The third-order valence-electron chi connectivity index (χ3n) is 5.35. The minimum absolute atomic E-state index is 0.0838. The lowest BCUT2D eigenvalue weighted by atomic mass is 10.2. The van der Waals surface area contributed by atoms with Gasteiger partial charge < -0.3 is 19.5 Å². The zero-order chi connectivity index (χ0) is 27.8. The van der Waals surface area contributed by atoms with Gasteiger partial charge in [0.05, 0.1) is 33.8 Å². The molecule has 1 heterocycles. The molecule has 1 fully saturated rings. The maximum Gasteiger partial charge on any atom is 0.293 e. The highest BCUT2D eigenvalue weighted by Gasteiger charge is 2.34. The molecule has 0 aliphatic carbocycles. The Hall–Kier alpha value is -3.66. The van der Waals surface area contributed by atoms with Crippen LogP contribution in [-0.4, -0.2) is 48.3 Å². The number of hydrogen-bond acceptors (Lipinski definition) is 7. The largest absolute Gasteiger partial charge is 0.490 e. The first-order valence-electron chi connectivity index (χ1n) is 11.9. The summed E-state index contributed by atoms with van der Waals surface area (Å²) in [5.74, 6) is 0.426. The molecule has 0 saturated carbocycles. The van der Waals surface area contributed by atoms with Crippen molar-refractivity contribution in [3.63, 3.8) is 0 Å². The third-order valence-corrected chi connectivity index (χ3v) is 6.90. The molecule has 3 aromatic carbocycles. The van der Waals surface area contributed by atoms with E-state index in [0.29, 0.717) is 45.2 Å². The summed E-state index contributed by atoms with van der Waals surface area (Å²) in [4.78, 5) is 39.1. The normalized spacial score (nSPS) is 14.0. The van der Waals surface area contributed by atoms with Gasteiger partial charge in [0.15, 0.2) is 18.1 Å². The fourth-order valence-corrected chi connectivity index (χ4v) is 4.79. The second kappa shape index (κ2) is 13.4. The lowest BCUT2D eigenvalue weighted by Crippen LogP contribution is -2.32. The number of benzene rings is 3. The predicted octanol–water partition coefficient (Wildman–Crippen LogP) is 6.52. The van der Waals surface area contributed by atoms with E-state index in [2.05, 4.69) is 5.32 Å². The zero-order valence-electron chi connectivity index (χ0n) is 20.8. The second-order valence-corrected chi connectivity index (χ2v) is 9.88. The van der Waals surface area contributed by atoms with Gasteiger partial charge in [-0.05, 0) is 66.7 Å². The van der Waals surface area contributed by atoms with Gasteiger partial charge in [-0.15, -0.1) is 0 Å². The van der Waals surface area contributed by atoms with Crippen molar-refractivity contribution in [2.24, 2.45) is 0 Å². The number of hydrogen-bond donors (Lipinski definition) is 1. The summed E-state index contributed by atoms with van der Waals surface area (Å²) in [5, 5.41) is 3.18. The van der Waals surface area contributed by atoms with Gasteiger partial charge in [-0.2, -0.15) is 0 Å². The van der Waals surface area contributed by atoms with Crippen LogP contribution in [0.3, 0.4) is 0 Å². The van der Waals surface area contributed by atoms with E-state index >= 15 is 0 Å². The summed E-state index contributed by atoms with van der Waals surface area (Å²) in [6.07, 6.45) is 1.61. The van der Waals surface area contributed by atoms with Gasteiger partial charge in [-0.25, -0.2) is 0 Å². The van der Waals surface area contributed by atoms with Crippen LogP contribution in [0.4, 0.5) is 10.5 Å². The number of thioether (sulfide) groups is 1. The molecule has 0 spiro atoms. The van der Waals surface area contributed by atoms with Crippen molar-refractivity contribution in [2.45, 2.75) is 6.92 Å². The number of ether oxygens (including phenoxy) is 3. The third kappa shape index (κ3) is 7.47. The summed E-state index contributed by atoms with van der Waals surface area (Å²) in [5.41, 5.74) is 1.11. The van der Waals surface area contributed by atoms with E-state index in [1.807, 2.05) is 6.92 Å². The van der Waals surface area contributed by atoms with Crippen molar-refractivity contribution in [1.29, 1.82) is 0 Å². The summed E-state index contributed by atoms with van der Waals surface area (Å²) in [6, 6.07) is 18.9. The second-order valence-electron chi connectivity index (χ2n) is 8.07. The molecule has 0 radical (unpaired) electrons.